The number of nitrogens with zero attached hydrogens (tertiary/aromatic N) is 2. The Hall–Kier alpha value is -4.58. The van der Waals surface area contributed by atoms with Crippen LogP contribution in [-0.2, 0) is 14.8 Å². The second-order valence-electron chi connectivity index (χ2n) is 7.76. The lowest BCUT2D eigenvalue weighted by molar-refractivity contribution is -0.114. The monoisotopic (exact) mass is 523 g/mol. The molecule has 0 saturated carbocycles. The summed E-state index contributed by atoms with van der Waals surface area (Å²) < 4.78 is 45.1. The molecule has 0 aliphatic heterocycles. The third kappa shape index (κ3) is 5.64. The quantitative estimate of drug-likeness (QED) is 0.295. The Morgan fingerprint density at radius 3 is 1.86 bits per heavy atom. The summed E-state index contributed by atoms with van der Waals surface area (Å²) in [5.74, 6) is 1.09. The Morgan fingerprint density at radius 1 is 0.784 bits per heavy atom. The molecule has 0 fully saturated rings. The van der Waals surface area contributed by atoms with Gasteiger partial charge in [0.25, 0.3) is 10.0 Å². The van der Waals surface area contributed by atoms with Crippen LogP contribution in [0.15, 0.2) is 65.6 Å². The molecule has 0 aliphatic rings. The fourth-order valence-electron chi connectivity index (χ4n) is 3.56. The number of sulfonamides is 1. The SMILES string of the molecule is COc1cc(Nc2nc3ccccc3nc2NS(=O)(=O)c2ccc(NC(C)=O)cc2)cc(OC)c1OC. The van der Waals surface area contributed by atoms with Crippen molar-refractivity contribution in [1.29, 1.82) is 0 Å². The summed E-state index contributed by atoms with van der Waals surface area (Å²) >= 11 is 0. The predicted octanol–water partition coefficient (Wildman–Crippen LogP) is 4.16. The van der Waals surface area contributed by atoms with E-state index >= 15 is 0 Å². The van der Waals surface area contributed by atoms with Crippen molar-refractivity contribution >= 4 is 50.0 Å². The number of nitrogens with one attached hydrogen (secondary N) is 3. The minimum Gasteiger partial charge on any atom is -0.493 e. The summed E-state index contributed by atoms with van der Waals surface area (Å²) in [7, 11) is 0.432. The number of benzene rings is 3. The maximum Gasteiger partial charge on any atom is 0.263 e. The number of aromatic nitrogens is 2. The van der Waals surface area contributed by atoms with Crippen molar-refractivity contribution in [3.05, 3.63) is 60.7 Å². The van der Waals surface area contributed by atoms with E-state index in [0.29, 0.717) is 39.7 Å². The van der Waals surface area contributed by atoms with E-state index in [4.69, 9.17) is 14.2 Å². The van der Waals surface area contributed by atoms with E-state index in [1.54, 1.807) is 36.4 Å². The van der Waals surface area contributed by atoms with E-state index in [1.807, 2.05) is 0 Å². The molecular formula is C25H25N5O6S. The normalized spacial score (nSPS) is 11.0. The van der Waals surface area contributed by atoms with Gasteiger partial charge < -0.3 is 24.8 Å². The van der Waals surface area contributed by atoms with E-state index in [9.17, 15) is 13.2 Å². The number of carbonyl (C=O) groups is 1. The Labute approximate surface area is 213 Å². The van der Waals surface area contributed by atoms with E-state index in [0.717, 1.165) is 0 Å². The van der Waals surface area contributed by atoms with Crippen molar-refractivity contribution in [2.75, 3.05) is 36.7 Å². The maximum atomic E-state index is 13.2. The number of carbonyl (C=O) groups excluding carboxylic acids is 1. The molecular weight excluding hydrogens is 498 g/mol. The molecule has 0 aliphatic carbocycles. The molecule has 0 spiro atoms. The molecule has 0 saturated heterocycles. The lowest BCUT2D eigenvalue weighted by Gasteiger charge is -2.17. The Bertz CT molecular complexity index is 1530. The van der Waals surface area contributed by atoms with E-state index in [1.165, 1.54) is 52.5 Å². The van der Waals surface area contributed by atoms with Crippen molar-refractivity contribution in [3.63, 3.8) is 0 Å². The average Bonchev–Trinajstić information content (AvgIpc) is 2.88. The number of rotatable bonds is 9. The van der Waals surface area contributed by atoms with Gasteiger partial charge in [0.1, 0.15) is 0 Å². The highest BCUT2D eigenvalue weighted by molar-refractivity contribution is 7.92. The average molecular weight is 524 g/mol. The third-order valence-corrected chi connectivity index (χ3v) is 6.57. The first-order valence-electron chi connectivity index (χ1n) is 11.0. The van der Waals surface area contributed by atoms with Gasteiger partial charge in [-0.15, -0.1) is 0 Å². The van der Waals surface area contributed by atoms with Crippen molar-refractivity contribution < 1.29 is 27.4 Å². The van der Waals surface area contributed by atoms with Crippen LogP contribution in [-0.4, -0.2) is 45.6 Å². The van der Waals surface area contributed by atoms with Gasteiger partial charge in [0.05, 0.1) is 37.3 Å². The second-order valence-corrected chi connectivity index (χ2v) is 9.44. The van der Waals surface area contributed by atoms with Gasteiger partial charge in [0.15, 0.2) is 23.1 Å². The minimum absolute atomic E-state index is 0.0154. The number of ether oxygens (including phenoxy) is 3. The molecule has 0 bridgehead atoms. The summed E-state index contributed by atoms with van der Waals surface area (Å²) in [5.41, 5.74) is 2.03. The van der Waals surface area contributed by atoms with Crippen LogP contribution in [0.5, 0.6) is 17.2 Å². The van der Waals surface area contributed by atoms with Crippen LogP contribution in [0.1, 0.15) is 6.92 Å². The van der Waals surface area contributed by atoms with E-state index < -0.39 is 10.0 Å². The zero-order chi connectivity index (χ0) is 26.6. The Morgan fingerprint density at radius 2 is 1.35 bits per heavy atom. The number of hydrogen-bond donors (Lipinski definition) is 3. The highest BCUT2D eigenvalue weighted by Crippen LogP contribution is 2.41. The highest BCUT2D eigenvalue weighted by atomic mass is 32.2. The molecule has 0 radical (unpaired) electrons. The molecule has 11 nitrogen and oxygen atoms in total. The van der Waals surface area contributed by atoms with Crippen molar-refractivity contribution in [2.45, 2.75) is 11.8 Å². The van der Waals surface area contributed by atoms with Crippen molar-refractivity contribution in [2.24, 2.45) is 0 Å². The molecule has 37 heavy (non-hydrogen) atoms. The molecule has 3 N–H and O–H groups in total. The highest BCUT2D eigenvalue weighted by Gasteiger charge is 2.20. The maximum absolute atomic E-state index is 13.2. The fraction of sp³-hybridized carbons (Fsp3) is 0.160. The molecule has 4 aromatic rings. The predicted molar refractivity (Wildman–Crippen MR) is 140 cm³/mol. The molecule has 4 rings (SSSR count). The van der Waals surface area contributed by atoms with Gasteiger partial charge in [-0.1, -0.05) is 12.1 Å². The minimum atomic E-state index is -4.05. The lowest BCUT2D eigenvalue weighted by Crippen LogP contribution is -2.16. The molecule has 0 atom stereocenters. The number of amides is 1. The Kier molecular flexibility index (Phi) is 7.30. The summed E-state index contributed by atoms with van der Waals surface area (Å²) in [4.78, 5) is 20.3. The summed E-state index contributed by atoms with van der Waals surface area (Å²) in [6, 6.07) is 16.2. The number of anilines is 4. The van der Waals surface area contributed by atoms with E-state index in [-0.39, 0.29) is 22.4 Å². The Balaban J connectivity index is 1.74. The van der Waals surface area contributed by atoms with Crippen LogP contribution >= 0.6 is 0 Å². The number of methoxy groups -OCH3 is 3. The van der Waals surface area contributed by atoms with Crippen molar-refractivity contribution in [1.82, 2.24) is 9.97 Å². The standard InChI is InChI=1S/C25H25N5O6S/c1-15(31)26-16-9-11-18(12-10-16)37(32,33)30-25-24(28-19-7-5-6-8-20(19)29-25)27-17-13-21(34-2)23(36-4)22(14-17)35-3/h5-14H,1-4H3,(H,26,31)(H,27,28)(H,29,30). The number of hydrogen-bond acceptors (Lipinski definition) is 9. The van der Waals surface area contributed by atoms with Crippen LogP contribution in [0.2, 0.25) is 0 Å². The lowest BCUT2D eigenvalue weighted by atomic mass is 10.2. The van der Waals surface area contributed by atoms with Gasteiger partial charge in [0.2, 0.25) is 11.7 Å². The summed E-state index contributed by atoms with van der Waals surface area (Å²) in [6.45, 7) is 1.37. The molecule has 1 heterocycles. The van der Waals surface area contributed by atoms with Gasteiger partial charge in [-0.25, -0.2) is 18.4 Å². The summed E-state index contributed by atoms with van der Waals surface area (Å²) in [5, 5.41) is 5.71. The van der Waals surface area contributed by atoms with Crippen LogP contribution < -0.4 is 29.6 Å². The molecule has 0 unspecified atom stereocenters. The van der Waals surface area contributed by atoms with Crippen LogP contribution in [0.4, 0.5) is 23.0 Å². The van der Waals surface area contributed by atoms with Gasteiger partial charge in [0, 0.05) is 30.4 Å². The summed E-state index contributed by atoms with van der Waals surface area (Å²) in [6.07, 6.45) is 0. The number of fused-ring (bicyclic) bond motifs is 1. The topological polar surface area (TPSA) is 141 Å². The van der Waals surface area contributed by atoms with E-state index in [2.05, 4.69) is 25.3 Å². The first-order chi connectivity index (χ1) is 17.7. The van der Waals surface area contributed by atoms with Gasteiger partial charge in [-0.3, -0.25) is 9.52 Å². The van der Waals surface area contributed by atoms with Gasteiger partial charge >= 0.3 is 0 Å². The number of para-hydroxylation sites is 2. The second kappa shape index (κ2) is 10.6. The van der Waals surface area contributed by atoms with Crippen molar-refractivity contribution in [3.8, 4) is 17.2 Å². The largest absolute Gasteiger partial charge is 0.493 e. The van der Waals surface area contributed by atoms with Crippen LogP contribution in [0.3, 0.4) is 0 Å². The van der Waals surface area contributed by atoms with Crippen LogP contribution in [0, 0.1) is 0 Å². The first kappa shape index (κ1) is 25.5. The first-order valence-corrected chi connectivity index (χ1v) is 12.5. The zero-order valence-corrected chi connectivity index (χ0v) is 21.3. The molecule has 3 aromatic carbocycles. The fourth-order valence-corrected chi connectivity index (χ4v) is 4.56. The molecule has 1 amide bonds. The van der Waals surface area contributed by atoms with Gasteiger partial charge in [-0.2, -0.15) is 0 Å². The molecule has 1 aromatic heterocycles. The van der Waals surface area contributed by atoms with Crippen LogP contribution in [0.25, 0.3) is 11.0 Å². The van der Waals surface area contributed by atoms with Gasteiger partial charge in [-0.05, 0) is 36.4 Å². The third-order valence-electron chi connectivity index (χ3n) is 5.21. The zero-order valence-electron chi connectivity index (χ0n) is 20.5. The molecule has 192 valence electrons. The molecule has 12 heteroatoms. The smallest absolute Gasteiger partial charge is 0.263 e.